The van der Waals surface area contributed by atoms with E-state index in [0.717, 1.165) is 11.4 Å². The first-order chi connectivity index (χ1) is 16.5. The number of ether oxygens (including phenoxy) is 2. The van der Waals surface area contributed by atoms with Crippen LogP contribution >= 0.6 is 0 Å². The number of carbonyl (C=O) groups is 2. The molecule has 2 amide bonds. The minimum absolute atomic E-state index is 0.0489. The molecule has 1 atom stereocenters. The van der Waals surface area contributed by atoms with Crippen molar-refractivity contribution in [1.29, 1.82) is 0 Å². The number of hydrogen-bond acceptors (Lipinski definition) is 7. The van der Waals surface area contributed by atoms with Crippen molar-refractivity contribution in [2.45, 2.75) is 39.3 Å². The SMILES string of the molecule is CC(C)[C@H](NC(=O)c1ccoc1)c1nnc2n1CCN(C(=O)Cc1ccc3c(c1)OCO3)CC2. The first kappa shape index (κ1) is 22.0. The Morgan fingerprint density at radius 2 is 1.94 bits per heavy atom. The molecule has 1 N–H and O–H groups in total. The highest BCUT2D eigenvalue weighted by atomic mass is 16.7. The third-order valence-corrected chi connectivity index (χ3v) is 6.21. The van der Waals surface area contributed by atoms with Crippen LogP contribution in [0.3, 0.4) is 0 Å². The van der Waals surface area contributed by atoms with Crippen LogP contribution in [0.2, 0.25) is 0 Å². The molecule has 34 heavy (non-hydrogen) atoms. The monoisotopic (exact) mass is 465 g/mol. The van der Waals surface area contributed by atoms with Gasteiger partial charge < -0.3 is 28.7 Å². The summed E-state index contributed by atoms with van der Waals surface area (Å²) in [5, 5.41) is 11.8. The Labute approximate surface area is 196 Å². The number of fused-ring (bicyclic) bond motifs is 2. The zero-order chi connectivity index (χ0) is 23.7. The average Bonchev–Trinajstić information content (AvgIpc) is 3.56. The molecule has 0 saturated carbocycles. The molecule has 178 valence electrons. The Hall–Kier alpha value is -3.82. The number of carbonyl (C=O) groups excluding carboxylic acids is 2. The molecule has 0 fully saturated rings. The van der Waals surface area contributed by atoms with E-state index >= 15 is 0 Å². The van der Waals surface area contributed by atoms with Crippen molar-refractivity contribution in [3.8, 4) is 11.5 Å². The summed E-state index contributed by atoms with van der Waals surface area (Å²) in [5.41, 5.74) is 1.35. The standard InChI is InChI=1S/C24H27N5O5/c1-15(2)22(25-24(31)17-6-10-32-13-17)23-27-26-20-5-7-28(8-9-29(20)23)21(30)12-16-3-4-18-19(11-16)34-14-33-18/h3-4,6,10-11,13,15,22H,5,7-9,12,14H2,1-2H3,(H,25,31)/t22-/m0/s1. The predicted molar refractivity (Wildman–Crippen MR) is 120 cm³/mol. The molecule has 0 radical (unpaired) electrons. The fourth-order valence-electron chi connectivity index (χ4n) is 4.31. The first-order valence-corrected chi connectivity index (χ1v) is 11.4. The zero-order valence-corrected chi connectivity index (χ0v) is 19.2. The van der Waals surface area contributed by atoms with Crippen molar-refractivity contribution in [2.75, 3.05) is 19.9 Å². The molecule has 1 aromatic carbocycles. The molecule has 0 aliphatic carbocycles. The Kier molecular flexibility index (Phi) is 5.95. The van der Waals surface area contributed by atoms with Crippen molar-refractivity contribution >= 4 is 11.8 Å². The van der Waals surface area contributed by atoms with Gasteiger partial charge in [-0.3, -0.25) is 9.59 Å². The van der Waals surface area contributed by atoms with E-state index in [0.29, 0.717) is 55.4 Å². The van der Waals surface area contributed by atoms with E-state index in [2.05, 4.69) is 15.5 Å². The third-order valence-electron chi connectivity index (χ3n) is 6.21. The fraction of sp³-hybridized carbons (Fsp3) is 0.417. The first-order valence-electron chi connectivity index (χ1n) is 11.4. The van der Waals surface area contributed by atoms with Gasteiger partial charge >= 0.3 is 0 Å². The summed E-state index contributed by atoms with van der Waals surface area (Å²) in [7, 11) is 0. The number of amides is 2. The van der Waals surface area contributed by atoms with Crippen LogP contribution in [-0.2, 0) is 24.2 Å². The van der Waals surface area contributed by atoms with Crippen molar-refractivity contribution in [3.63, 3.8) is 0 Å². The lowest BCUT2D eigenvalue weighted by molar-refractivity contribution is -0.130. The van der Waals surface area contributed by atoms with Crippen molar-refractivity contribution in [2.24, 2.45) is 5.92 Å². The second kappa shape index (κ2) is 9.20. The van der Waals surface area contributed by atoms with Crippen molar-refractivity contribution in [3.05, 3.63) is 59.6 Å². The van der Waals surface area contributed by atoms with E-state index in [4.69, 9.17) is 13.9 Å². The van der Waals surface area contributed by atoms with Gasteiger partial charge in [-0.1, -0.05) is 19.9 Å². The summed E-state index contributed by atoms with van der Waals surface area (Å²) in [6.07, 6.45) is 3.78. The summed E-state index contributed by atoms with van der Waals surface area (Å²) in [5.74, 6) is 2.82. The van der Waals surface area contributed by atoms with Crippen molar-refractivity contribution < 1.29 is 23.5 Å². The van der Waals surface area contributed by atoms with Crippen LogP contribution in [0.25, 0.3) is 0 Å². The van der Waals surface area contributed by atoms with Gasteiger partial charge in [0, 0.05) is 26.1 Å². The number of benzene rings is 1. The number of nitrogens with zero attached hydrogens (tertiary/aromatic N) is 4. The van der Waals surface area contributed by atoms with Gasteiger partial charge in [0.05, 0.1) is 24.3 Å². The second-order valence-corrected chi connectivity index (χ2v) is 8.83. The van der Waals surface area contributed by atoms with Crippen LogP contribution in [-0.4, -0.2) is 51.4 Å². The van der Waals surface area contributed by atoms with E-state index < -0.39 is 0 Å². The summed E-state index contributed by atoms with van der Waals surface area (Å²) in [4.78, 5) is 27.5. The molecule has 4 heterocycles. The lowest BCUT2D eigenvalue weighted by Crippen LogP contribution is -2.36. The third kappa shape index (κ3) is 4.35. The van der Waals surface area contributed by atoms with Crippen LogP contribution in [0.1, 0.15) is 47.5 Å². The zero-order valence-electron chi connectivity index (χ0n) is 19.2. The molecule has 10 heteroatoms. The molecule has 0 unspecified atom stereocenters. The minimum Gasteiger partial charge on any atom is -0.472 e. The van der Waals surface area contributed by atoms with Gasteiger partial charge in [0.2, 0.25) is 12.7 Å². The lowest BCUT2D eigenvalue weighted by Gasteiger charge is -2.23. The van der Waals surface area contributed by atoms with E-state index in [1.165, 1.54) is 12.5 Å². The highest BCUT2D eigenvalue weighted by Gasteiger charge is 2.29. The molecule has 5 rings (SSSR count). The molecular formula is C24H27N5O5. The maximum absolute atomic E-state index is 13.0. The number of aromatic nitrogens is 3. The second-order valence-electron chi connectivity index (χ2n) is 8.83. The van der Waals surface area contributed by atoms with E-state index in [1.54, 1.807) is 6.07 Å². The smallest absolute Gasteiger partial charge is 0.255 e. The van der Waals surface area contributed by atoms with Crippen LogP contribution in [0.15, 0.2) is 41.2 Å². The van der Waals surface area contributed by atoms with Gasteiger partial charge in [-0.15, -0.1) is 10.2 Å². The van der Waals surface area contributed by atoms with E-state index in [9.17, 15) is 9.59 Å². The van der Waals surface area contributed by atoms with Gasteiger partial charge in [0.1, 0.15) is 12.1 Å². The summed E-state index contributed by atoms with van der Waals surface area (Å²) in [6.45, 7) is 5.94. The quantitative estimate of drug-likeness (QED) is 0.595. The van der Waals surface area contributed by atoms with E-state index in [-0.39, 0.29) is 30.6 Å². The Balaban J connectivity index is 1.27. The van der Waals surface area contributed by atoms with E-state index in [1.807, 2.05) is 41.5 Å². The lowest BCUT2D eigenvalue weighted by atomic mass is 10.0. The maximum Gasteiger partial charge on any atom is 0.255 e. The highest BCUT2D eigenvalue weighted by molar-refractivity contribution is 5.94. The van der Waals surface area contributed by atoms with Gasteiger partial charge in [-0.25, -0.2) is 0 Å². The molecule has 2 aromatic heterocycles. The van der Waals surface area contributed by atoms with Gasteiger partial charge in [0.15, 0.2) is 17.3 Å². The van der Waals surface area contributed by atoms with Crippen LogP contribution in [0.5, 0.6) is 11.5 Å². The molecule has 0 saturated heterocycles. The van der Waals surface area contributed by atoms with Crippen LogP contribution in [0.4, 0.5) is 0 Å². The Bertz CT molecular complexity index is 1190. The fourth-order valence-corrected chi connectivity index (χ4v) is 4.31. The number of furan rings is 1. The highest BCUT2D eigenvalue weighted by Crippen LogP contribution is 2.32. The summed E-state index contributed by atoms with van der Waals surface area (Å²) < 4.78 is 17.8. The molecule has 3 aromatic rings. The number of hydrogen-bond donors (Lipinski definition) is 1. The van der Waals surface area contributed by atoms with Crippen LogP contribution < -0.4 is 14.8 Å². The normalized spacial score (nSPS) is 15.7. The van der Waals surface area contributed by atoms with Gasteiger partial charge in [-0.2, -0.15) is 0 Å². The molecule has 0 spiro atoms. The molecule has 2 aliphatic rings. The predicted octanol–water partition coefficient (Wildman–Crippen LogP) is 2.35. The molecular weight excluding hydrogens is 438 g/mol. The number of rotatable bonds is 6. The van der Waals surface area contributed by atoms with Crippen molar-refractivity contribution in [1.82, 2.24) is 25.0 Å². The van der Waals surface area contributed by atoms with Gasteiger partial charge in [-0.05, 0) is 29.7 Å². The Morgan fingerprint density at radius 3 is 2.74 bits per heavy atom. The molecule has 2 aliphatic heterocycles. The maximum atomic E-state index is 13.0. The summed E-state index contributed by atoms with van der Waals surface area (Å²) >= 11 is 0. The summed E-state index contributed by atoms with van der Waals surface area (Å²) in [6, 6.07) is 6.90. The molecule has 0 bridgehead atoms. The largest absolute Gasteiger partial charge is 0.472 e. The van der Waals surface area contributed by atoms with Crippen LogP contribution in [0, 0.1) is 5.92 Å². The minimum atomic E-state index is -0.320. The molecule has 10 nitrogen and oxygen atoms in total. The Morgan fingerprint density at radius 1 is 1.09 bits per heavy atom. The van der Waals surface area contributed by atoms with Gasteiger partial charge in [0.25, 0.3) is 5.91 Å². The number of nitrogens with one attached hydrogen (secondary N) is 1. The topological polar surface area (TPSA) is 112 Å². The average molecular weight is 466 g/mol.